The fraction of sp³-hybridized carbons (Fsp3) is 0.375. The number of nitrogens with zero attached hydrogens (tertiary/aromatic N) is 2. The Hall–Kier alpha value is -1.85. The summed E-state index contributed by atoms with van der Waals surface area (Å²) in [6.45, 7) is 2.75. The second-order valence-corrected chi connectivity index (χ2v) is 5.18. The van der Waals surface area contributed by atoms with E-state index in [1.54, 1.807) is 13.3 Å². The molecule has 0 saturated carbocycles. The molecule has 2 aromatic rings. The maximum absolute atomic E-state index is 6.25. The lowest BCUT2D eigenvalue weighted by molar-refractivity contribution is 0.288. The van der Waals surface area contributed by atoms with Crippen LogP contribution in [0.15, 0.2) is 30.6 Å². The topological polar surface area (TPSA) is 70.3 Å². The minimum atomic E-state index is -0.472. The lowest BCUT2D eigenvalue weighted by Gasteiger charge is -2.16. The van der Waals surface area contributed by atoms with Crippen LogP contribution in [0.25, 0.3) is 0 Å². The summed E-state index contributed by atoms with van der Waals surface area (Å²) in [5.41, 5.74) is 7.63. The molecule has 6 heteroatoms. The molecule has 1 heterocycles. The minimum absolute atomic E-state index is 0.305. The van der Waals surface area contributed by atoms with Gasteiger partial charge in [-0.1, -0.05) is 31.0 Å². The normalized spacial score (nSPS) is 12.0. The van der Waals surface area contributed by atoms with E-state index in [1.807, 2.05) is 18.2 Å². The zero-order valence-electron chi connectivity index (χ0n) is 12.8. The molecule has 0 aliphatic carbocycles. The molecule has 0 spiro atoms. The molecule has 1 aromatic heterocycles. The van der Waals surface area contributed by atoms with Gasteiger partial charge in [0.2, 0.25) is 0 Å². The summed E-state index contributed by atoms with van der Waals surface area (Å²) in [4.78, 5) is 8.22. The first-order chi connectivity index (χ1) is 10.7. The van der Waals surface area contributed by atoms with Crippen molar-refractivity contribution >= 4 is 11.6 Å². The first-order valence-electron chi connectivity index (χ1n) is 7.20. The molecule has 0 saturated heterocycles. The van der Waals surface area contributed by atoms with Gasteiger partial charge in [-0.25, -0.2) is 4.98 Å². The molecule has 0 radical (unpaired) electrons. The molecule has 2 N–H and O–H groups in total. The van der Waals surface area contributed by atoms with Gasteiger partial charge < -0.3 is 15.2 Å². The Bertz CT molecular complexity index is 622. The molecule has 0 aliphatic heterocycles. The van der Waals surface area contributed by atoms with E-state index in [0.717, 1.165) is 18.4 Å². The molecular weight excluding hydrogens is 302 g/mol. The maximum atomic E-state index is 6.25. The number of nitrogens with two attached hydrogens (primary N) is 1. The summed E-state index contributed by atoms with van der Waals surface area (Å²) < 4.78 is 11.1. The van der Waals surface area contributed by atoms with Gasteiger partial charge in [0, 0.05) is 12.4 Å². The van der Waals surface area contributed by atoms with Crippen molar-refractivity contribution in [2.75, 3.05) is 13.7 Å². The molecule has 22 heavy (non-hydrogen) atoms. The molecule has 2 rings (SSSR count). The number of methoxy groups -OCH3 is 1. The molecular formula is C16H20ClN3O2. The Morgan fingerprint density at radius 3 is 2.68 bits per heavy atom. The largest absolute Gasteiger partial charge is 0.493 e. The predicted molar refractivity (Wildman–Crippen MR) is 86.5 cm³/mol. The summed E-state index contributed by atoms with van der Waals surface area (Å²) in [6, 6.07) is 5.10. The number of hydrogen-bond donors (Lipinski definition) is 1. The van der Waals surface area contributed by atoms with Crippen LogP contribution >= 0.6 is 11.6 Å². The number of rotatable bonds is 7. The van der Waals surface area contributed by atoms with Crippen molar-refractivity contribution in [2.24, 2.45) is 5.73 Å². The fourth-order valence-electron chi connectivity index (χ4n) is 2.02. The predicted octanol–water partition coefficient (Wildman–Crippen LogP) is 3.37. The third-order valence-corrected chi connectivity index (χ3v) is 3.57. The molecule has 1 atom stereocenters. The van der Waals surface area contributed by atoms with Crippen LogP contribution in [0.3, 0.4) is 0 Å². The van der Waals surface area contributed by atoms with E-state index in [4.69, 9.17) is 26.8 Å². The van der Waals surface area contributed by atoms with Crippen molar-refractivity contribution in [1.29, 1.82) is 0 Å². The number of unbranched alkanes of at least 4 members (excludes halogenated alkanes) is 1. The number of aromatic nitrogens is 2. The van der Waals surface area contributed by atoms with Crippen LogP contribution in [0.2, 0.25) is 5.15 Å². The molecule has 5 nitrogen and oxygen atoms in total. The first-order valence-corrected chi connectivity index (χ1v) is 7.57. The standard InChI is InChI=1S/C16H20ClN3O2/c1-3-4-9-22-13-10-11(5-6-12(13)21-2)14(18)15-16(17)20-8-7-19-15/h5-8,10,14H,3-4,9,18H2,1-2H3. The lowest BCUT2D eigenvalue weighted by Crippen LogP contribution is -2.15. The van der Waals surface area contributed by atoms with E-state index in [2.05, 4.69) is 16.9 Å². The third-order valence-electron chi connectivity index (χ3n) is 3.28. The fourth-order valence-corrected chi connectivity index (χ4v) is 2.25. The minimum Gasteiger partial charge on any atom is -0.493 e. The van der Waals surface area contributed by atoms with Gasteiger partial charge in [-0.05, 0) is 24.1 Å². The molecule has 1 aromatic carbocycles. The second-order valence-electron chi connectivity index (χ2n) is 4.82. The van der Waals surface area contributed by atoms with E-state index < -0.39 is 6.04 Å². The summed E-state index contributed by atoms with van der Waals surface area (Å²) in [5, 5.41) is 0.305. The van der Waals surface area contributed by atoms with Crippen molar-refractivity contribution in [3.63, 3.8) is 0 Å². The van der Waals surface area contributed by atoms with Crippen LogP contribution in [0.4, 0.5) is 0 Å². The lowest BCUT2D eigenvalue weighted by atomic mass is 10.0. The Morgan fingerprint density at radius 2 is 2.00 bits per heavy atom. The van der Waals surface area contributed by atoms with Crippen LogP contribution in [-0.4, -0.2) is 23.7 Å². The number of halogens is 1. The van der Waals surface area contributed by atoms with Crippen molar-refractivity contribution in [3.05, 3.63) is 47.0 Å². The van der Waals surface area contributed by atoms with E-state index in [0.29, 0.717) is 29.0 Å². The van der Waals surface area contributed by atoms with Gasteiger partial charge in [0.05, 0.1) is 25.5 Å². The van der Waals surface area contributed by atoms with Gasteiger partial charge in [-0.3, -0.25) is 4.98 Å². The quantitative estimate of drug-likeness (QED) is 0.792. The van der Waals surface area contributed by atoms with E-state index >= 15 is 0 Å². The number of hydrogen-bond acceptors (Lipinski definition) is 5. The Labute approximate surface area is 135 Å². The van der Waals surface area contributed by atoms with Gasteiger partial charge in [-0.15, -0.1) is 0 Å². The van der Waals surface area contributed by atoms with Crippen LogP contribution in [0.5, 0.6) is 11.5 Å². The summed E-state index contributed by atoms with van der Waals surface area (Å²) in [5.74, 6) is 1.35. The first kappa shape index (κ1) is 16.5. The molecule has 0 fully saturated rings. The highest BCUT2D eigenvalue weighted by Crippen LogP contribution is 2.32. The molecule has 0 bridgehead atoms. The van der Waals surface area contributed by atoms with Crippen molar-refractivity contribution in [3.8, 4) is 11.5 Å². The Kier molecular flexibility index (Phi) is 5.98. The summed E-state index contributed by atoms with van der Waals surface area (Å²) >= 11 is 6.06. The highest BCUT2D eigenvalue weighted by atomic mass is 35.5. The third kappa shape index (κ3) is 3.87. The molecule has 118 valence electrons. The van der Waals surface area contributed by atoms with Gasteiger partial charge >= 0.3 is 0 Å². The Balaban J connectivity index is 2.27. The molecule has 0 amide bonds. The van der Waals surface area contributed by atoms with Crippen LogP contribution in [0, 0.1) is 0 Å². The van der Waals surface area contributed by atoms with Gasteiger partial charge in [0.1, 0.15) is 0 Å². The van der Waals surface area contributed by atoms with Gasteiger partial charge in [0.25, 0.3) is 0 Å². The van der Waals surface area contributed by atoms with Crippen molar-refractivity contribution in [2.45, 2.75) is 25.8 Å². The van der Waals surface area contributed by atoms with E-state index in [1.165, 1.54) is 6.20 Å². The highest BCUT2D eigenvalue weighted by Gasteiger charge is 2.17. The SMILES string of the molecule is CCCCOc1cc(C(N)c2nccnc2Cl)ccc1OC. The van der Waals surface area contributed by atoms with E-state index in [9.17, 15) is 0 Å². The average molecular weight is 322 g/mol. The zero-order chi connectivity index (χ0) is 15.9. The highest BCUT2D eigenvalue weighted by molar-refractivity contribution is 6.30. The Morgan fingerprint density at radius 1 is 1.23 bits per heavy atom. The van der Waals surface area contributed by atoms with Crippen LogP contribution in [-0.2, 0) is 0 Å². The van der Waals surface area contributed by atoms with Crippen molar-refractivity contribution < 1.29 is 9.47 Å². The second kappa shape index (κ2) is 7.96. The molecule has 1 unspecified atom stereocenters. The summed E-state index contributed by atoms with van der Waals surface area (Å²) in [7, 11) is 1.61. The smallest absolute Gasteiger partial charge is 0.161 e. The van der Waals surface area contributed by atoms with Gasteiger partial charge in [0.15, 0.2) is 16.7 Å². The van der Waals surface area contributed by atoms with Crippen LogP contribution in [0.1, 0.15) is 37.1 Å². The monoisotopic (exact) mass is 321 g/mol. The average Bonchev–Trinajstić information content (AvgIpc) is 2.55. The summed E-state index contributed by atoms with van der Waals surface area (Å²) in [6.07, 6.45) is 5.15. The number of ether oxygens (including phenoxy) is 2. The molecule has 0 aliphatic rings. The number of benzene rings is 1. The van der Waals surface area contributed by atoms with Crippen molar-refractivity contribution in [1.82, 2.24) is 9.97 Å². The maximum Gasteiger partial charge on any atom is 0.161 e. The van der Waals surface area contributed by atoms with E-state index in [-0.39, 0.29) is 0 Å². The zero-order valence-corrected chi connectivity index (χ0v) is 13.5. The van der Waals surface area contributed by atoms with Crippen LogP contribution < -0.4 is 15.2 Å². The van der Waals surface area contributed by atoms with Gasteiger partial charge in [-0.2, -0.15) is 0 Å².